The first kappa shape index (κ1) is 12.1. The second kappa shape index (κ2) is 5.34. The molecule has 0 saturated heterocycles. The molecular weight excluding hydrogens is 214 g/mol. The number of benzene rings is 1. The van der Waals surface area contributed by atoms with E-state index in [1.807, 2.05) is 6.26 Å². The van der Waals surface area contributed by atoms with Crippen molar-refractivity contribution in [3.63, 3.8) is 0 Å². The molecule has 1 aromatic heterocycles. The van der Waals surface area contributed by atoms with E-state index in [0.717, 1.165) is 25.3 Å². The van der Waals surface area contributed by atoms with Gasteiger partial charge in [0.1, 0.15) is 5.58 Å². The molecule has 3 nitrogen and oxygen atoms in total. The minimum atomic E-state index is 0.730. The molecule has 92 valence electrons. The molecule has 1 heterocycles. The number of methoxy groups -OCH3 is 1. The van der Waals surface area contributed by atoms with Crippen LogP contribution in [-0.4, -0.2) is 20.3 Å². The van der Waals surface area contributed by atoms with Gasteiger partial charge < -0.3 is 14.5 Å². The van der Waals surface area contributed by atoms with E-state index in [2.05, 4.69) is 31.3 Å². The molecule has 0 aliphatic carbocycles. The molecule has 0 bridgehead atoms. The number of hydrogen-bond acceptors (Lipinski definition) is 3. The number of aryl methyl sites for hydroxylation is 2. The maximum Gasteiger partial charge on any atom is 0.134 e. The van der Waals surface area contributed by atoms with Gasteiger partial charge in [0.25, 0.3) is 0 Å². The Kier molecular flexibility index (Phi) is 3.82. The van der Waals surface area contributed by atoms with Crippen molar-refractivity contribution >= 4 is 11.0 Å². The summed E-state index contributed by atoms with van der Waals surface area (Å²) in [5.74, 6) is 0. The van der Waals surface area contributed by atoms with Gasteiger partial charge in [0.05, 0.1) is 12.9 Å². The molecule has 0 amide bonds. The van der Waals surface area contributed by atoms with E-state index in [1.54, 1.807) is 7.11 Å². The maximum atomic E-state index is 5.60. The molecular formula is C14H19NO2. The summed E-state index contributed by atoms with van der Waals surface area (Å²) in [4.78, 5) is 0. The van der Waals surface area contributed by atoms with Crippen LogP contribution in [0.4, 0.5) is 0 Å². The van der Waals surface area contributed by atoms with Crippen LogP contribution in [0.2, 0.25) is 0 Å². The van der Waals surface area contributed by atoms with Gasteiger partial charge in [0, 0.05) is 31.1 Å². The first-order chi connectivity index (χ1) is 8.22. The molecule has 0 atom stereocenters. The van der Waals surface area contributed by atoms with E-state index in [1.165, 1.54) is 22.1 Å². The SMILES string of the molecule is COCCNCc1coc2cc(C)cc(C)c12. The predicted octanol–water partition coefficient (Wildman–Crippen LogP) is 2.79. The van der Waals surface area contributed by atoms with Crippen molar-refractivity contribution in [1.82, 2.24) is 5.32 Å². The summed E-state index contributed by atoms with van der Waals surface area (Å²) >= 11 is 0. The summed E-state index contributed by atoms with van der Waals surface area (Å²) < 4.78 is 10.6. The van der Waals surface area contributed by atoms with Crippen LogP contribution in [0.3, 0.4) is 0 Å². The molecule has 0 spiro atoms. The standard InChI is InChI=1S/C14H19NO2/c1-10-6-11(2)14-12(8-15-4-5-16-3)9-17-13(14)7-10/h6-7,9,15H,4-5,8H2,1-3H3. The Balaban J connectivity index is 2.18. The molecule has 0 radical (unpaired) electrons. The van der Waals surface area contributed by atoms with Gasteiger partial charge in [0.2, 0.25) is 0 Å². The van der Waals surface area contributed by atoms with E-state index in [4.69, 9.17) is 9.15 Å². The predicted molar refractivity (Wildman–Crippen MR) is 69.3 cm³/mol. The van der Waals surface area contributed by atoms with E-state index in [0.29, 0.717) is 0 Å². The highest BCUT2D eigenvalue weighted by Gasteiger charge is 2.08. The van der Waals surface area contributed by atoms with Crippen molar-refractivity contribution in [2.75, 3.05) is 20.3 Å². The van der Waals surface area contributed by atoms with Gasteiger partial charge in [-0.3, -0.25) is 0 Å². The van der Waals surface area contributed by atoms with Gasteiger partial charge in [-0.2, -0.15) is 0 Å². The lowest BCUT2D eigenvalue weighted by atomic mass is 10.0. The third kappa shape index (κ3) is 2.68. The first-order valence-corrected chi connectivity index (χ1v) is 5.89. The van der Waals surface area contributed by atoms with Crippen LogP contribution >= 0.6 is 0 Å². The number of fused-ring (bicyclic) bond motifs is 1. The monoisotopic (exact) mass is 233 g/mol. The lowest BCUT2D eigenvalue weighted by Crippen LogP contribution is -2.18. The molecule has 0 saturated carbocycles. The lowest BCUT2D eigenvalue weighted by molar-refractivity contribution is 0.199. The largest absolute Gasteiger partial charge is 0.464 e. The Labute approximate surface area is 102 Å². The lowest BCUT2D eigenvalue weighted by Gasteiger charge is -2.04. The molecule has 3 heteroatoms. The van der Waals surface area contributed by atoms with Crippen molar-refractivity contribution in [3.8, 4) is 0 Å². The fraction of sp³-hybridized carbons (Fsp3) is 0.429. The fourth-order valence-corrected chi connectivity index (χ4v) is 2.15. The van der Waals surface area contributed by atoms with Gasteiger partial charge >= 0.3 is 0 Å². The quantitative estimate of drug-likeness (QED) is 0.806. The van der Waals surface area contributed by atoms with Gasteiger partial charge in [-0.1, -0.05) is 6.07 Å². The van der Waals surface area contributed by atoms with E-state index in [9.17, 15) is 0 Å². The van der Waals surface area contributed by atoms with E-state index < -0.39 is 0 Å². The van der Waals surface area contributed by atoms with Gasteiger partial charge in [-0.15, -0.1) is 0 Å². The zero-order valence-corrected chi connectivity index (χ0v) is 10.7. The van der Waals surface area contributed by atoms with E-state index in [-0.39, 0.29) is 0 Å². The summed E-state index contributed by atoms with van der Waals surface area (Å²) in [7, 11) is 1.71. The smallest absolute Gasteiger partial charge is 0.134 e. The van der Waals surface area contributed by atoms with Crippen molar-refractivity contribution < 1.29 is 9.15 Å². The second-order valence-corrected chi connectivity index (χ2v) is 4.39. The van der Waals surface area contributed by atoms with Crippen LogP contribution in [0.25, 0.3) is 11.0 Å². The molecule has 1 N–H and O–H groups in total. The molecule has 2 rings (SSSR count). The second-order valence-electron chi connectivity index (χ2n) is 4.39. The molecule has 1 aromatic carbocycles. The number of hydrogen-bond donors (Lipinski definition) is 1. The van der Waals surface area contributed by atoms with Gasteiger partial charge in [0.15, 0.2) is 0 Å². The zero-order valence-electron chi connectivity index (χ0n) is 10.7. The fourth-order valence-electron chi connectivity index (χ4n) is 2.15. The molecule has 0 fully saturated rings. The number of nitrogens with one attached hydrogen (secondary N) is 1. The summed E-state index contributed by atoms with van der Waals surface area (Å²) in [5.41, 5.74) is 4.71. The third-order valence-corrected chi connectivity index (χ3v) is 2.89. The Bertz CT molecular complexity index is 502. The number of rotatable bonds is 5. The summed E-state index contributed by atoms with van der Waals surface area (Å²) in [6, 6.07) is 4.28. The summed E-state index contributed by atoms with van der Waals surface area (Å²) in [5, 5.41) is 4.57. The molecule has 0 unspecified atom stereocenters. The molecule has 17 heavy (non-hydrogen) atoms. The molecule has 0 aliphatic rings. The maximum absolute atomic E-state index is 5.60. The van der Waals surface area contributed by atoms with Crippen molar-refractivity contribution in [2.45, 2.75) is 20.4 Å². The minimum Gasteiger partial charge on any atom is -0.464 e. The highest BCUT2D eigenvalue weighted by Crippen LogP contribution is 2.26. The molecule has 0 aliphatic heterocycles. The van der Waals surface area contributed by atoms with Gasteiger partial charge in [-0.05, 0) is 31.0 Å². The van der Waals surface area contributed by atoms with Crippen LogP contribution in [-0.2, 0) is 11.3 Å². The first-order valence-electron chi connectivity index (χ1n) is 5.89. The van der Waals surface area contributed by atoms with Crippen LogP contribution in [0, 0.1) is 13.8 Å². The Hall–Kier alpha value is -1.32. The van der Waals surface area contributed by atoms with Crippen molar-refractivity contribution in [1.29, 1.82) is 0 Å². The van der Waals surface area contributed by atoms with Gasteiger partial charge in [-0.25, -0.2) is 0 Å². The van der Waals surface area contributed by atoms with Crippen molar-refractivity contribution in [2.24, 2.45) is 0 Å². The zero-order chi connectivity index (χ0) is 12.3. The summed E-state index contributed by atoms with van der Waals surface area (Å²) in [6.07, 6.45) is 1.84. The Morgan fingerprint density at radius 2 is 2.12 bits per heavy atom. The highest BCUT2D eigenvalue weighted by molar-refractivity contribution is 5.85. The minimum absolute atomic E-state index is 0.730. The third-order valence-electron chi connectivity index (χ3n) is 2.89. The van der Waals surface area contributed by atoms with Crippen LogP contribution in [0.5, 0.6) is 0 Å². The van der Waals surface area contributed by atoms with Crippen LogP contribution in [0.15, 0.2) is 22.8 Å². The average Bonchev–Trinajstić information content (AvgIpc) is 2.68. The molecule has 2 aromatic rings. The number of ether oxygens (including phenoxy) is 1. The normalized spacial score (nSPS) is 11.2. The number of furan rings is 1. The highest BCUT2D eigenvalue weighted by atomic mass is 16.5. The Morgan fingerprint density at radius 3 is 2.88 bits per heavy atom. The van der Waals surface area contributed by atoms with Crippen LogP contribution in [0.1, 0.15) is 16.7 Å². The average molecular weight is 233 g/mol. The van der Waals surface area contributed by atoms with E-state index >= 15 is 0 Å². The Morgan fingerprint density at radius 1 is 1.29 bits per heavy atom. The van der Waals surface area contributed by atoms with Crippen LogP contribution < -0.4 is 5.32 Å². The van der Waals surface area contributed by atoms with Crippen molar-refractivity contribution in [3.05, 3.63) is 35.1 Å². The summed E-state index contributed by atoms with van der Waals surface area (Å²) in [6.45, 7) is 6.62. The topological polar surface area (TPSA) is 34.4 Å².